The van der Waals surface area contributed by atoms with Gasteiger partial charge in [-0.3, -0.25) is 14.9 Å². The molecule has 0 bridgehead atoms. The van der Waals surface area contributed by atoms with Crippen LogP contribution in [0.15, 0.2) is 69.9 Å². The van der Waals surface area contributed by atoms with Crippen LogP contribution in [0.3, 0.4) is 0 Å². The molecular weight excluding hydrogens is 426 g/mol. The van der Waals surface area contributed by atoms with Crippen molar-refractivity contribution in [2.75, 3.05) is 7.11 Å². The van der Waals surface area contributed by atoms with Gasteiger partial charge in [0.25, 0.3) is 5.69 Å². The Morgan fingerprint density at radius 3 is 2.30 bits per heavy atom. The van der Waals surface area contributed by atoms with Crippen LogP contribution in [0, 0.1) is 24.0 Å². The fraction of sp³-hybridized carbons (Fsp3) is 0.120. The highest BCUT2D eigenvalue weighted by Crippen LogP contribution is 2.34. The van der Waals surface area contributed by atoms with Crippen LogP contribution in [0.5, 0.6) is 11.5 Å². The number of nitro benzene ring substituents is 1. The van der Waals surface area contributed by atoms with E-state index in [1.165, 1.54) is 24.3 Å². The third-order valence-electron chi connectivity index (χ3n) is 5.24. The molecule has 4 rings (SSSR count). The fourth-order valence-corrected chi connectivity index (χ4v) is 3.68. The van der Waals surface area contributed by atoms with E-state index < -0.39 is 10.9 Å². The van der Waals surface area contributed by atoms with Crippen molar-refractivity contribution in [1.82, 2.24) is 0 Å². The smallest absolute Gasteiger partial charge is 0.343 e. The van der Waals surface area contributed by atoms with E-state index in [1.54, 1.807) is 51.3 Å². The second kappa shape index (κ2) is 8.58. The van der Waals surface area contributed by atoms with Gasteiger partial charge in [0.15, 0.2) is 5.43 Å². The molecule has 0 aliphatic heterocycles. The summed E-state index contributed by atoms with van der Waals surface area (Å²) in [5.41, 5.74) is 0.729. The number of non-ortho nitro benzene ring substituents is 1. The van der Waals surface area contributed by atoms with Crippen LogP contribution in [-0.4, -0.2) is 18.0 Å². The van der Waals surface area contributed by atoms with E-state index >= 15 is 0 Å². The van der Waals surface area contributed by atoms with Crippen molar-refractivity contribution in [3.05, 3.63) is 98.1 Å². The average molecular weight is 445 g/mol. The van der Waals surface area contributed by atoms with Crippen molar-refractivity contribution in [2.45, 2.75) is 13.8 Å². The maximum Gasteiger partial charge on any atom is 0.343 e. The Balaban J connectivity index is 1.89. The molecule has 0 radical (unpaired) electrons. The number of benzene rings is 2. The number of fused-ring (bicyclic) bond motifs is 1. The van der Waals surface area contributed by atoms with Gasteiger partial charge in [0.1, 0.15) is 23.0 Å². The third kappa shape index (κ3) is 4.18. The highest BCUT2D eigenvalue weighted by atomic mass is 16.6. The number of hydrogen-bond acceptors (Lipinski definition) is 7. The van der Waals surface area contributed by atoms with Crippen LogP contribution in [0.1, 0.15) is 21.9 Å². The number of nitro groups is 1. The van der Waals surface area contributed by atoms with Crippen LogP contribution in [-0.2, 0) is 0 Å². The van der Waals surface area contributed by atoms with Gasteiger partial charge in [-0.25, -0.2) is 4.79 Å². The Labute approximate surface area is 188 Å². The summed E-state index contributed by atoms with van der Waals surface area (Å²) in [5.74, 6) is 0.791. The van der Waals surface area contributed by atoms with E-state index in [9.17, 15) is 19.7 Å². The van der Waals surface area contributed by atoms with Gasteiger partial charge in [-0.15, -0.1) is 0 Å². The third-order valence-corrected chi connectivity index (χ3v) is 5.24. The number of hydrogen-bond donors (Lipinski definition) is 0. The quantitative estimate of drug-likeness (QED) is 0.236. The van der Waals surface area contributed by atoms with Crippen LogP contribution in [0.25, 0.3) is 21.9 Å². The summed E-state index contributed by atoms with van der Waals surface area (Å²) in [5, 5.41) is 11.8. The maximum atomic E-state index is 13.1. The summed E-state index contributed by atoms with van der Waals surface area (Å²) >= 11 is 0. The van der Waals surface area contributed by atoms with E-state index in [1.807, 2.05) is 0 Å². The topological polar surface area (TPSA) is 109 Å². The van der Waals surface area contributed by atoms with Crippen LogP contribution < -0.4 is 14.9 Å². The zero-order valence-corrected chi connectivity index (χ0v) is 18.1. The van der Waals surface area contributed by atoms with Gasteiger partial charge in [-0.05, 0) is 55.3 Å². The SMILES string of the molecule is COc1ccc(-c2cc(OC(=O)c3cccc([N+](=O)[O-])c3)c3c(C)oc(C)c3c(=O)c2)cc1. The molecule has 0 spiro atoms. The lowest BCUT2D eigenvalue weighted by atomic mass is 10.1. The number of furan rings is 1. The minimum atomic E-state index is -0.794. The number of nitrogens with zero attached hydrogens (tertiary/aromatic N) is 1. The van der Waals surface area contributed by atoms with Crippen molar-refractivity contribution in [3.8, 4) is 22.6 Å². The molecule has 166 valence electrons. The van der Waals surface area contributed by atoms with Crippen molar-refractivity contribution < 1.29 is 23.6 Å². The van der Waals surface area contributed by atoms with Gasteiger partial charge in [0.2, 0.25) is 0 Å². The van der Waals surface area contributed by atoms with Gasteiger partial charge >= 0.3 is 5.97 Å². The Bertz CT molecular complexity index is 1450. The van der Waals surface area contributed by atoms with Crippen molar-refractivity contribution in [2.24, 2.45) is 0 Å². The first kappa shape index (κ1) is 21.8. The molecule has 0 aliphatic carbocycles. The number of esters is 1. The molecule has 1 heterocycles. The second-order valence-corrected chi connectivity index (χ2v) is 7.36. The van der Waals surface area contributed by atoms with Gasteiger partial charge in [-0.2, -0.15) is 0 Å². The van der Waals surface area contributed by atoms with Gasteiger partial charge in [-0.1, -0.05) is 18.2 Å². The minimum Gasteiger partial charge on any atom is -0.497 e. The first-order chi connectivity index (χ1) is 15.8. The molecule has 0 atom stereocenters. The fourth-order valence-electron chi connectivity index (χ4n) is 3.68. The Morgan fingerprint density at radius 1 is 0.939 bits per heavy atom. The summed E-state index contributed by atoms with van der Waals surface area (Å²) in [7, 11) is 1.56. The molecule has 1 aromatic heterocycles. The molecular formula is C25H19NO7. The molecule has 0 N–H and O–H groups in total. The van der Waals surface area contributed by atoms with Crippen LogP contribution in [0.4, 0.5) is 5.69 Å². The van der Waals surface area contributed by atoms with Crippen LogP contribution in [0.2, 0.25) is 0 Å². The molecule has 0 amide bonds. The summed E-state index contributed by atoms with van der Waals surface area (Å²) in [6.07, 6.45) is 0. The van der Waals surface area contributed by atoms with Gasteiger partial charge < -0.3 is 13.9 Å². The number of rotatable bonds is 5. The first-order valence-electron chi connectivity index (χ1n) is 9.97. The van der Waals surface area contributed by atoms with E-state index in [4.69, 9.17) is 13.9 Å². The lowest BCUT2D eigenvalue weighted by Crippen LogP contribution is -2.09. The van der Waals surface area contributed by atoms with Crippen molar-refractivity contribution in [3.63, 3.8) is 0 Å². The molecule has 8 heteroatoms. The van der Waals surface area contributed by atoms with E-state index in [2.05, 4.69) is 0 Å². The molecule has 0 saturated heterocycles. The molecule has 0 fully saturated rings. The molecule has 0 unspecified atom stereocenters. The maximum absolute atomic E-state index is 13.1. The molecule has 0 saturated carbocycles. The van der Waals surface area contributed by atoms with E-state index in [-0.39, 0.29) is 22.4 Å². The monoisotopic (exact) mass is 445 g/mol. The zero-order chi connectivity index (χ0) is 23.7. The lowest BCUT2D eigenvalue weighted by Gasteiger charge is -2.06. The van der Waals surface area contributed by atoms with Crippen LogP contribution >= 0.6 is 0 Å². The standard InChI is InChI=1S/C25H19NO7/c1-14-23-21(27)12-18(16-7-9-20(31-3)10-8-16)13-22(24(23)15(2)32-14)33-25(28)17-5-4-6-19(11-17)26(29)30/h4-13H,1-3H3. The highest BCUT2D eigenvalue weighted by Gasteiger charge is 2.20. The summed E-state index contributed by atoms with van der Waals surface area (Å²) in [6, 6.07) is 15.4. The van der Waals surface area contributed by atoms with E-state index in [0.717, 1.165) is 6.07 Å². The van der Waals surface area contributed by atoms with Gasteiger partial charge in [0.05, 0.1) is 28.4 Å². The number of carbonyl (C=O) groups excluding carboxylic acids is 1. The molecule has 4 aromatic rings. The molecule has 8 nitrogen and oxygen atoms in total. The minimum absolute atomic E-state index is 0.00932. The Morgan fingerprint density at radius 2 is 1.64 bits per heavy atom. The zero-order valence-electron chi connectivity index (χ0n) is 18.1. The largest absolute Gasteiger partial charge is 0.497 e. The Hall–Kier alpha value is -4.46. The Kier molecular flexibility index (Phi) is 5.66. The van der Waals surface area contributed by atoms with Crippen molar-refractivity contribution in [1.29, 1.82) is 0 Å². The number of aryl methyl sites for hydroxylation is 2. The lowest BCUT2D eigenvalue weighted by molar-refractivity contribution is -0.384. The van der Waals surface area contributed by atoms with Gasteiger partial charge in [0, 0.05) is 12.1 Å². The van der Waals surface area contributed by atoms with Crippen molar-refractivity contribution >= 4 is 22.4 Å². The van der Waals surface area contributed by atoms with E-state index in [0.29, 0.717) is 39.2 Å². The predicted molar refractivity (Wildman–Crippen MR) is 122 cm³/mol. The average Bonchev–Trinajstić information content (AvgIpc) is 3.02. The number of methoxy groups -OCH3 is 1. The first-order valence-corrected chi connectivity index (χ1v) is 9.97. The molecule has 0 aliphatic rings. The predicted octanol–water partition coefficient (Wildman–Crippen LogP) is 5.21. The summed E-state index contributed by atoms with van der Waals surface area (Å²) in [6.45, 7) is 3.34. The summed E-state index contributed by atoms with van der Waals surface area (Å²) < 4.78 is 16.5. The number of carbonyl (C=O) groups is 1. The molecule has 3 aromatic carbocycles. The normalized spacial score (nSPS) is 10.8. The second-order valence-electron chi connectivity index (χ2n) is 7.36. The molecule has 33 heavy (non-hydrogen) atoms. The summed E-state index contributed by atoms with van der Waals surface area (Å²) in [4.78, 5) is 36.4. The number of ether oxygens (including phenoxy) is 2. The highest BCUT2D eigenvalue weighted by molar-refractivity contribution is 5.98.